The van der Waals surface area contributed by atoms with Crippen molar-refractivity contribution in [3.8, 4) is 16.9 Å². The lowest BCUT2D eigenvalue weighted by Crippen LogP contribution is -2.31. The van der Waals surface area contributed by atoms with Crippen molar-refractivity contribution >= 4 is 16.9 Å². The highest BCUT2D eigenvalue weighted by molar-refractivity contribution is 5.94. The number of hydrogen-bond donors (Lipinski definition) is 1. The molecule has 4 aromatic rings. The molecule has 0 bridgehead atoms. The molecule has 1 unspecified atom stereocenters. The summed E-state index contributed by atoms with van der Waals surface area (Å²) >= 11 is 0. The van der Waals surface area contributed by atoms with E-state index >= 15 is 0 Å². The molecule has 0 radical (unpaired) electrons. The highest BCUT2D eigenvalue weighted by atomic mass is 19.1. The lowest BCUT2D eigenvalue weighted by Gasteiger charge is -2.24. The summed E-state index contributed by atoms with van der Waals surface area (Å²) in [6.45, 7) is 2.59. The second kappa shape index (κ2) is 8.07. The quantitative estimate of drug-likeness (QED) is 0.491. The van der Waals surface area contributed by atoms with Gasteiger partial charge in [0.25, 0.3) is 5.91 Å². The number of methoxy groups -OCH3 is 1. The Morgan fingerprint density at radius 3 is 2.69 bits per heavy atom. The van der Waals surface area contributed by atoms with Crippen molar-refractivity contribution in [2.24, 2.45) is 0 Å². The SMILES string of the molecule is COc1ccc(-c2cc(C)nc(C3CCCN3C(=O)c3nc4ccc(F)cc4[nH]3)c2)cc1. The number of carbonyl (C=O) groups is 1. The molecule has 2 aromatic heterocycles. The van der Waals surface area contributed by atoms with Gasteiger partial charge in [0.15, 0.2) is 5.82 Å². The number of aryl methyl sites for hydroxylation is 1. The number of pyridine rings is 1. The van der Waals surface area contributed by atoms with Gasteiger partial charge in [-0.05, 0) is 73.4 Å². The van der Waals surface area contributed by atoms with E-state index < -0.39 is 0 Å². The van der Waals surface area contributed by atoms with Crippen LogP contribution in [0.25, 0.3) is 22.2 Å². The Morgan fingerprint density at radius 2 is 1.91 bits per heavy atom. The van der Waals surface area contributed by atoms with Crippen LogP contribution in [0, 0.1) is 12.7 Å². The van der Waals surface area contributed by atoms with Crippen LogP contribution in [0.2, 0.25) is 0 Å². The number of amides is 1. The molecule has 0 spiro atoms. The van der Waals surface area contributed by atoms with Gasteiger partial charge >= 0.3 is 0 Å². The number of halogens is 1. The summed E-state index contributed by atoms with van der Waals surface area (Å²) < 4.78 is 18.8. The van der Waals surface area contributed by atoms with Crippen LogP contribution in [0.3, 0.4) is 0 Å². The van der Waals surface area contributed by atoms with E-state index in [0.717, 1.165) is 41.1 Å². The smallest absolute Gasteiger partial charge is 0.290 e. The number of nitrogens with one attached hydrogen (secondary N) is 1. The minimum absolute atomic E-state index is 0.135. The maximum Gasteiger partial charge on any atom is 0.290 e. The number of imidazole rings is 1. The lowest BCUT2D eigenvalue weighted by molar-refractivity contribution is 0.0722. The third-order valence-electron chi connectivity index (χ3n) is 5.90. The fraction of sp³-hybridized carbons (Fsp3) is 0.240. The maximum atomic E-state index is 13.5. The number of benzene rings is 2. The van der Waals surface area contributed by atoms with Crippen LogP contribution >= 0.6 is 0 Å². The van der Waals surface area contributed by atoms with Crippen LogP contribution in [0.15, 0.2) is 54.6 Å². The van der Waals surface area contributed by atoms with Gasteiger partial charge in [-0.2, -0.15) is 0 Å². The first-order chi connectivity index (χ1) is 15.5. The third kappa shape index (κ3) is 3.70. The number of ether oxygens (including phenoxy) is 1. The monoisotopic (exact) mass is 430 g/mol. The summed E-state index contributed by atoms with van der Waals surface area (Å²) in [5.41, 5.74) is 4.96. The number of hydrogen-bond acceptors (Lipinski definition) is 4. The molecule has 1 fully saturated rings. The van der Waals surface area contributed by atoms with E-state index in [1.54, 1.807) is 13.2 Å². The molecule has 3 heterocycles. The number of aromatic nitrogens is 3. The number of fused-ring (bicyclic) bond motifs is 1. The summed E-state index contributed by atoms with van der Waals surface area (Å²) in [5, 5.41) is 0. The predicted molar refractivity (Wildman–Crippen MR) is 120 cm³/mol. The zero-order valence-electron chi connectivity index (χ0n) is 17.9. The first kappa shape index (κ1) is 20.2. The molecule has 5 rings (SSSR count). The van der Waals surface area contributed by atoms with E-state index in [-0.39, 0.29) is 23.6 Å². The average molecular weight is 430 g/mol. The van der Waals surface area contributed by atoms with E-state index in [0.29, 0.717) is 17.6 Å². The highest BCUT2D eigenvalue weighted by Crippen LogP contribution is 2.34. The molecule has 1 saturated heterocycles. The molecule has 7 heteroatoms. The summed E-state index contributed by atoms with van der Waals surface area (Å²) in [6, 6.07) is 16.1. The zero-order chi connectivity index (χ0) is 22.2. The van der Waals surface area contributed by atoms with Crippen molar-refractivity contribution in [1.82, 2.24) is 19.9 Å². The topological polar surface area (TPSA) is 71.1 Å². The molecule has 1 aliphatic rings. The molecule has 1 aliphatic heterocycles. The van der Waals surface area contributed by atoms with Gasteiger partial charge < -0.3 is 14.6 Å². The Hall–Kier alpha value is -3.74. The lowest BCUT2D eigenvalue weighted by atomic mass is 10.0. The van der Waals surface area contributed by atoms with Crippen LogP contribution in [-0.4, -0.2) is 39.4 Å². The van der Waals surface area contributed by atoms with Crippen LogP contribution in [-0.2, 0) is 0 Å². The summed E-state index contributed by atoms with van der Waals surface area (Å²) in [6.07, 6.45) is 1.72. The average Bonchev–Trinajstić information content (AvgIpc) is 3.45. The Balaban J connectivity index is 1.46. The summed E-state index contributed by atoms with van der Waals surface area (Å²) in [5.74, 6) is 0.464. The summed E-state index contributed by atoms with van der Waals surface area (Å²) in [7, 11) is 1.65. The Bertz CT molecular complexity index is 1300. The Morgan fingerprint density at radius 1 is 1.09 bits per heavy atom. The summed E-state index contributed by atoms with van der Waals surface area (Å²) in [4.78, 5) is 27.2. The van der Waals surface area contributed by atoms with Gasteiger partial charge in [0.1, 0.15) is 11.6 Å². The number of nitrogens with zero attached hydrogens (tertiary/aromatic N) is 3. The van der Waals surface area contributed by atoms with E-state index in [1.807, 2.05) is 42.2 Å². The van der Waals surface area contributed by atoms with Crippen LogP contribution in [0.5, 0.6) is 5.75 Å². The Kier molecular flexibility index (Phi) is 5.09. The number of aromatic amines is 1. The van der Waals surface area contributed by atoms with Gasteiger partial charge in [-0.15, -0.1) is 0 Å². The van der Waals surface area contributed by atoms with Crippen molar-refractivity contribution in [3.05, 3.63) is 77.6 Å². The normalized spacial score (nSPS) is 16.0. The van der Waals surface area contributed by atoms with Gasteiger partial charge in [0.05, 0.1) is 29.9 Å². The van der Waals surface area contributed by atoms with Crippen LogP contribution < -0.4 is 4.74 Å². The predicted octanol–water partition coefficient (Wildman–Crippen LogP) is 5.06. The number of H-pyrrole nitrogens is 1. The molecule has 0 aliphatic carbocycles. The maximum absolute atomic E-state index is 13.5. The second-order valence-corrected chi connectivity index (χ2v) is 8.05. The first-order valence-electron chi connectivity index (χ1n) is 10.6. The zero-order valence-corrected chi connectivity index (χ0v) is 17.9. The first-order valence-corrected chi connectivity index (χ1v) is 10.6. The standard InChI is InChI=1S/C25H23FN4O2/c1-15-12-17(16-5-8-19(32-2)9-6-16)13-22(27-15)23-4-3-11-30(23)25(31)24-28-20-10-7-18(26)14-21(20)29-24/h5-10,12-14,23H,3-4,11H2,1-2H3,(H,28,29). The van der Waals surface area contributed by atoms with Gasteiger partial charge in [0, 0.05) is 12.2 Å². The number of carbonyl (C=O) groups excluding carboxylic acids is 1. The van der Waals surface area contributed by atoms with Gasteiger partial charge in [0.2, 0.25) is 0 Å². The van der Waals surface area contributed by atoms with E-state index in [1.165, 1.54) is 12.1 Å². The van der Waals surface area contributed by atoms with Crippen molar-refractivity contribution in [1.29, 1.82) is 0 Å². The van der Waals surface area contributed by atoms with E-state index in [2.05, 4.69) is 16.0 Å². The van der Waals surface area contributed by atoms with Crippen molar-refractivity contribution < 1.29 is 13.9 Å². The molecule has 6 nitrogen and oxygen atoms in total. The molecule has 1 atom stereocenters. The van der Waals surface area contributed by atoms with Crippen molar-refractivity contribution in [2.75, 3.05) is 13.7 Å². The van der Waals surface area contributed by atoms with E-state index in [4.69, 9.17) is 9.72 Å². The molecular formula is C25H23FN4O2. The van der Waals surface area contributed by atoms with Crippen LogP contribution in [0.1, 0.15) is 40.9 Å². The van der Waals surface area contributed by atoms with Gasteiger partial charge in [-0.25, -0.2) is 9.37 Å². The molecule has 2 aromatic carbocycles. The van der Waals surface area contributed by atoms with Crippen LogP contribution in [0.4, 0.5) is 4.39 Å². The third-order valence-corrected chi connectivity index (χ3v) is 5.90. The molecule has 162 valence electrons. The second-order valence-electron chi connectivity index (χ2n) is 8.05. The fourth-order valence-electron chi connectivity index (χ4n) is 4.35. The van der Waals surface area contributed by atoms with Gasteiger partial charge in [-0.1, -0.05) is 12.1 Å². The highest BCUT2D eigenvalue weighted by Gasteiger charge is 2.33. The van der Waals surface area contributed by atoms with Crippen molar-refractivity contribution in [2.45, 2.75) is 25.8 Å². The molecular weight excluding hydrogens is 407 g/mol. The minimum atomic E-state index is -0.366. The Labute approximate surface area is 185 Å². The van der Waals surface area contributed by atoms with E-state index in [9.17, 15) is 9.18 Å². The molecule has 0 saturated carbocycles. The molecule has 1 N–H and O–H groups in total. The van der Waals surface area contributed by atoms with Crippen molar-refractivity contribution in [3.63, 3.8) is 0 Å². The number of likely N-dealkylation sites (tertiary alicyclic amines) is 1. The minimum Gasteiger partial charge on any atom is -0.497 e. The largest absolute Gasteiger partial charge is 0.497 e. The van der Waals surface area contributed by atoms with Gasteiger partial charge in [-0.3, -0.25) is 9.78 Å². The molecule has 32 heavy (non-hydrogen) atoms. The number of rotatable bonds is 4. The fourth-order valence-corrected chi connectivity index (χ4v) is 4.35. The molecule has 1 amide bonds.